The van der Waals surface area contributed by atoms with Gasteiger partial charge in [-0.1, -0.05) is 18.5 Å². The van der Waals surface area contributed by atoms with Crippen molar-refractivity contribution >= 4 is 28.5 Å². The SMILES string of the molecule is CNC(C(=O)O)[C@H]1[C@H](C)CC[SH]1c1ccc(Cl)c(OC)c1. The quantitative estimate of drug-likeness (QED) is 0.726. The molecule has 0 aliphatic carbocycles. The Kier molecular flexibility index (Phi) is 5.41. The highest BCUT2D eigenvalue weighted by Crippen LogP contribution is 2.53. The number of rotatable bonds is 5. The maximum atomic E-state index is 11.5. The van der Waals surface area contributed by atoms with Gasteiger partial charge in [0, 0.05) is 5.25 Å². The van der Waals surface area contributed by atoms with Crippen LogP contribution in [0.25, 0.3) is 0 Å². The first kappa shape index (κ1) is 16.5. The zero-order valence-corrected chi connectivity index (χ0v) is 14.1. The summed E-state index contributed by atoms with van der Waals surface area (Å²) in [5.41, 5.74) is 0. The predicted octanol–water partition coefficient (Wildman–Crippen LogP) is 2.79. The molecule has 2 rings (SSSR count). The van der Waals surface area contributed by atoms with E-state index in [9.17, 15) is 9.90 Å². The lowest BCUT2D eigenvalue weighted by Gasteiger charge is -2.31. The predicted molar refractivity (Wildman–Crippen MR) is 88.2 cm³/mol. The van der Waals surface area contributed by atoms with Crippen molar-refractivity contribution in [3.63, 3.8) is 0 Å². The number of methoxy groups -OCH3 is 1. The van der Waals surface area contributed by atoms with Crippen LogP contribution in [0.4, 0.5) is 0 Å². The molecule has 2 unspecified atom stereocenters. The molecule has 0 spiro atoms. The van der Waals surface area contributed by atoms with Crippen LogP contribution >= 0.6 is 22.5 Å². The van der Waals surface area contributed by atoms with Gasteiger partial charge in [0.2, 0.25) is 0 Å². The molecule has 1 fully saturated rings. The number of ether oxygens (including phenoxy) is 1. The molecule has 1 heterocycles. The van der Waals surface area contributed by atoms with E-state index >= 15 is 0 Å². The minimum absolute atomic E-state index is 0.133. The molecule has 1 saturated heterocycles. The topological polar surface area (TPSA) is 58.6 Å². The Morgan fingerprint density at radius 3 is 2.86 bits per heavy atom. The molecule has 6 heteroatoms. The molecule has 2 N–H and O–H groups in total. The zero-order chi connectivity index (χ0) is 15.6. The van der Waals surface area contributed by atoms with Crippen LogP contribution in [0.5, 0.6) is 5.75 Å². The van der Waals surface area contributed by atoms with Crippen molar-refractivity contribution in [2.24, 2.45) is 5.92 Å². The maximum absolute atomic E-state index is 11.5. The zero-order valence-electron chi connectivity index (χ0n) is 12.5. The smallest absolute Gasteiger partial charge is 0.321 e. The first-order valence-electron chi connectivity index (χ1n) is 6.99. The van der Waals surface area contributed by atoms with E-state index in [-0.39, 0.29) is 5.25 Å². The minimum Gasteiger partial charge on any atom is -0.495 e. The first-order chi connectivity index (χ1) is 9.99. The fourth-order valence-electron chi connectivity index (χ4n) is 3.05. The highest BCUT2D eigenvalue weighted by Gasteiger charge is 2.40. The molecule has 0 radical (unpaired) electrons. The summed E-state index contributed by atoms with van der Waals surface area (Å²) in [5.74, 6) is 1.33. The van der Waals surface area contributed by atoms with Crippen LogP contribution < -0.4 is 10.1 Å². The van der Waals surface area contributed by atoms with E-state index in [1.807, 2.05) is 18.2 Å². The standard InChI is InChI=1S/C15H22ClNO3S/c1-9-6-7-21(14(9)13(17-2)15(18)19)10-4-5-11(16)12(8-10)20-3/h4-5,8-9,13-14,17,21H,6-7H2,1-3H3,(H,18,19)/t9-,13?,14-/m1/s1. The Morgan fingerprint density at radius 1 is 1.57 bits per heavy atom. The number of carbonyl (C=O) groups is 1. The lowest BCUT2D eigenvalue weighted by atomic mass is 9.99. The highest BCUT2D eigenvalue weighted by molar-refractivity contribution is 8.17. The van der Waals surface area contributed by atoms with Crippen LogP contribution in [0.3, 0.4) is 0 Å². The van der Waals surface area contributed by atoms with Crippen molar-refractivity contribution in [3.8, 4) is 5.75 Å². The van der Waals surface area contributed by atoms with Crippen molar-refractivity contribution in [2.45, 2.75) is 29.5 Å². The third-order valence-corrected chi connectivity index (χ3v) is 7.67. The van der Waals surface area contributed by atoms with E-state index in [1.54, 1.807) is 14.2 Å². The number of thiol groups is 1. The van der Waals surface area contributed by atoms with Gasteiger partial charge < -0.3 is 15.2 Å². The van der Waals surface area contributed by atoms with E-state index in [2.05, 4.69) is 12.2 Å². The molecular formula is C15H22ClNO3S. The van der Waals surface area contributed by atoms with Gasteiger partial charge in [-0.3, -0.25) is 4.79 Å². The summed E-state index contributed by atoms with van der Waals surface area (Å²) in [7, 11) is 2.78. The number of benzene rings is 1. The van der Waals surface area contributed by atoms with Gasteiger partial charge in [0.15, 0.2) is 0 Å². The number of aliphatic carboxylic acids is 1. The van der Waals surface area contributed by atoms with Crippen LogP contribution in [-0.4, -0.2) is 42.3 Å². The molecule has 1 aromatic carbocycles. The van der Waals surface area contributed by atoms with E-state index < -0.39 is 22.9 Å². The van der Waals surface area contributed by atoms with Gasteiger partial charge in [-0.05, 0) is 48.2 Å². The summed E-state index contributed by atoms with van der Waals surface area (Å²) in [6.45, 7) is 2.15. The van der Waals surface area contributed by atoms with Crippen LogP contribution in [0, 0.1) is 5.92 Å². The summed E-state index contributed by atoms with van der Waals surface area (Å²) >= 11 is 6.08. The fourth-order valence-corrected chi connectivity index (χ4v) is 6.78. The van der Waals surface area contributed by atoms with Crippen molar-refractivity contribution < 1.29 is 14.6 Å². The van der Waals surface area contributed by atoms with Gasteiger partial charge >= 0.3 is 5.97 Å². The maximum Gasteiger partial charge on any atom is 0.321 e. The van der Waals surface area contributed by atoms with Crippen LogP contribution in [-0.2, 0) is 4.79 Å². The number of hydrogen-bond acceptors (Lipinski definition) is 3. The Balaban J connectivity index is 2.35. The molecule has 4 atom stereocenters. The average molecular weight is 332 g/mol. The number of nitrogens with one attached hydrogen (secondary N) is 1. The summed E-state index contributed by atoms with van der Waals surface area (Å²) in [6.07, 6.45) is 1.06. The van der Waals surface area contributed by atoms with Gasteiger partial charge in [0.25, 0.3) is 0 Å². The Bertz CT molecular complexity index is 526. The van der Waals surface area contributed by atoms with Crippen molar-refractivity contribution in [3.05, 3.63) is 23.2 Å². The molecule has 0 aromatic heterocycles. The molecule has 1 aliphatic heterocycles. The third-order valence-electron chi connectivity index (χ3n) is 4.15. The molecule has 118 valence electrons. The first-order valence-corrected chi connectivity index (χ1v) is 8.97. The average Bonchev–Trinajstić information content (AvgIpc) is 2.82. The number of likely N-dealkylation sites (N-methyl/N-ethyl adjacent to an activating group) is 1. The summed E-state index contributed by atoms with van der Waals surface area (Å²) in [4.78, 5) is 12.7. The summed E-state index contributed by atoms with van der Waals surface area (Å²) in [5, 5.41) is 13.2. The largest absolute Gasteiger partial charge is 0.495 e. The normalized spacial score (nSPS) is 28.3. The molecule has 1 aromatic rings. The van der Waals surface area contributed by atoms with Gasteiger partial charge in [-0.2, -0.15) is 0 Å². The lowest BCUT2D eigenvalue weighted by Crippen LogP contribution is -2.45. The molecule has 0 amide bonds. The molecule has 0 saturated carbocycles. The Hall–Kier alpha value is -0.910. The monoisotopic (exact) mass is 331 g/mol. The van der Waals surface area contributed by atoms with E-state index in [0.717, 1.165) is 12.2 Å². The van der Waals surface area contributed by atoms with Crippen molar-refractivity contribution in [2.75, 3.05) is 19.9 Å². The Morgan fingerprint density at radius 2 is 2.29 bits per heavy atom. The van der Waals surface area contributed by atoms with Crippen molar-refractivity contribution in [1.29, 1.82) is 0 Å². The second-order valence-corrected chi connectivity index (χ2v) is 8.28. The minimum atomic E-state index is -0.773. The van der Waals surface area contributed by atoms with Crippen LogP contribution in [0.2, 0.25) is 5.02 Å². The van der Waals surface area contributed by atoms with Gasteiger partial charge in [-0.15, -0.1) is 0 Å². The molecule has 4 nitrogen and oxygen atoms in total. The summed E-state index contributed by atoms with van der Waals surface area (Å²) in [6, 6.07) is 5.31. The van der Waals surface area contributed by atoms with E-state index in [1.165, 1.54) is 4.90 Å². The highest BCUT2D eigenvalue weighted by atomic mass is 35.5. The summed E-state index contributed by atoms with van der Waals surface area (Å²) < 4.78 is 5.29. The number of hydrogen-bond donors (Lipinski definition) is 3. The number of carboxylic acids is 1. The second-order valence-electron chi connectivity index (χ2n) is 5.37. The van der Waals surface area contributed by atoms with Crippen LogP contribution in [0.15, 0.2) is 23.1 Å². The van der Waals surface area contributed by atoms with E-state index in [4.69, 9.17) is 16.3 Å². The van der Waals surface area contributed by atoms with Crippen molar-refractivity contribution in [1.82, 2.24) is 5.32 Å². The fraction of sp³-hybridized carbons (Fsp3) is 0.533. The second kappa shape index (κ2) is 6.90. The Labute approximate surface area is 133 Å². The van der Waals surface area contributed by atoms with E-state index in [0.29, 0.717) is 16.7 Å². The van der Waals surface area contributed by atoms with Crippen LogP contribution in [0.1, 0.15) is 13.3 Å². The third kappa shape index (κ3) is 3.30. The molecular weight excluding hydrogens is 310 g/mol. The van der Waals surface area contributed by atoms with Gasteiger partial charge in [0.05, 0.1) is 12.1 Å². The lowest BCUT2D eigenvalue weighted by molar-refractivity contribution is -0.139. The number of halogens is 1. The van der Waals surface area contributed by atoms with Gasteiger partial charge in [-0.25, -0.2) is 10.9 Å². The molecule has 21 heavy (non-hydrogen) atoms. The van der Waals surface area contributed by atoms with Gasteiger partial charge in [0.1, 0.15) is 11.8 Å². The molecule has 1 aliphatic rings. The molecule has 0 bridgehead atoms. The number of carboxylic acid groups (broad SMARTS) is 1.